The molecule has 0 spiro atoms. The number of pyridine rings is 1. The third kappa shape index (κ3) is 4.05. The number of aliphatic hydroxyl groups excluding tert-OH is 1. The number of amides is 1. The summed E-state index contributed by atoms with van der Waals surface area (Å²) >= 11 is 0. The second-order valence-electron chi connectivity index (χ2n) is 8.56. The third-order valence-corrected chi connectivity index (χ3v) is 6.21. The summed E-state index contributed by atoms with van der Waals surface area (Å²) in [5.74, 6) is -1.10. The van der Waals surface area contributed by atoms with Crippen LogP contribution in [0.1, 0.15) is 28.6 Å². The Morgan fingerprint density at radius 1 is 1.08 bits per heavy atom. The van der Waals surface area contributed by atoms with Gasteiger partial charge in [0.2, 0.25) is 0 Å². The molecule has 0 bridgehead atoms. The maximum atomic E-state index is 13.4. The van der Waals surface area contributed by atoms with Crippen molar-refractivity contribution in [2.24, 2.45) is 0 Å². The van der Waals surface area contributed by atoms with Gasteiger partial charge in [0.05, 0.1) is 17.3 Å². The molecule has 1 N–H and O–H groups in total. The first kappa shape index (κ1) is 23.1. The van der Waals surface area contributed by atoms with E-state index in [9.17, 15) is 14.7 Å². The number of benzene rings is 2. The first-order valence-electron chi connectivity index (χ1n) is 11.6. The zero-order chi connectivity index (χ0) is 25.2. The third-order valence-electron chi connectivity index (χ3n) is 6.21. The van der Waals surface area contributed by atoms with Crippen molar-refractivity contribution in [3.63, 3.8) is 0 Å². The summed E-state index contributed by atoms with van der Waals surface area (Å²) in [6.45, 7) is 5.96. The van der Waals surface area contributed by atoms with Gasteiger partial charge in [0.15, 0.2) is 5.76 Å². The Hall–Kier alpha value is -4.65. The lowest BCUT2D eigenvalue weighted by atomic mass is 9.96. The molecule has 180 valence electrons. The topological polar surface area (TPSA) is 84.1 Å². The standard InChI is InChI=1S/C29H25N3O4/c1-3-16-36-22-13-9-12-21(17-22)26-24(27(33)25-19(2)30-23-14-7-8-15-31(23)25)28(34)29(35)32(26)18-20-10-5-4-6-11-20/h3-15,17,26,33H,1,16,18H2,2H3/b27-24+. The average Bonchev–Trinajstić information content (AvgIpc) is 3.36. The van der Waals surface area contributed by atoms with Crippen LogP contribution in [0.25, 0.3) is 11.4 Å². The zero-order valence-electron chi connectivity index (χ0n) is 19.8. The number of rotatable bonds is 7. The molecule has 36 heavy (non-hydrogen) atoms. The summed E-state index contributed by atoms with van der Waals surface area (Å²) in [7, 11) is 0. The van der Waals surface area contributed by atoms with E-state index in [4.69, 9.17) is 4.74 Å². The van der Waals surface area contributed by atoms with Crippen LogP contribution in [0.15, 0.2) is 97.2 Å². The van der Waals surface area contributed by atoms with Crippen LogP contribution < -0.4 is 4.74 Å². The van der Waals surface area contributed by atoms with E-state index in [0.29, 0.717) is 35.0 Å². The van der Waals surface area contributed by atoms with Crippen LogP contribution in [0.3, 0.4) is 0 Å². The fraction of sp³-hybridized carbons (Fsp3) is 0.138. The van der Waals surface area contributed by atoms with Gasteiger partial charge in [0.1, 0.15) is 23.7 Å². The lowest BCUT2D eigenvalue weighted by Crippen LogP contribution is -2.29. The van der Waals surface area contributed by atoms with Crippen LogP contribution in [0.4, 0.5) is 0 Å². The zero-order valence-corrected chi connectivity index (χ0v) is 19.8. The SMILES string of the molecule is C=CCOc1cccc(C2/C(=C(\O)c3c(C)nc4ccccn34)C(=O)C(=O)N2Cc2ccccc2)c1. The molecule has 1 fully saturated rings. The summed E-state index contributed by atoms with van der Waals surface area (Å²) in [6, 6.07) is 21.3. The minimum atomic E-state index is -0.814. The summed E-state index contributed by atoms with van der Waals surface area (Å²) in [5, 5.41) is 11.6. The van der Waals surface area contributed by atoms with E-state index in [-0.39, 0.29) is 17.9 Å². The van der Waals surface area contributed by atoms with Gasteiger partial charge in [0, 0.05) is 12.7 Å². The van der Waals surface area contributed by atoms with Crippen molar-refractivity contribution >= 4 is 23.1 Å². The van der Waals surface area contributed by atoms with E-state index in [2.05, 4.69) is 11.6 Å². The van der Waals surface area contributed by atoms with E-state index in [1.807, 2.05) is 54.6 Å². The van der Waals surface area contributed by atoms with Crippen molar-refractivity contribution in [3.8, 4) is 5.75 Å². The Labute approximate surface area is 208 Å². The minimum Gasteiger partial charge on any atom is -0.505 e. The predicted molar refractivity (Wildman–Crippen MR) is 136 cm³/mol. The second-order valence-corrected chi connectivity index (χ2v) is 8.56. The largest absolute Gasteiger partial charge is 0.505 e. The number of aliphatic hydroxyl groups is 1. The number of aromatic nitrogens is 2. The van der Waals surface area contributed by atoms with Crippen molar-refractivity contribution in [2.45, 2.75) is 19.5 Å². The van der Waals surface area contributed by atoms with Crippen molar-refractivity contribution < 1.29 is 19.4 Å². The predicted octanol–water partition coefficient (Wildman–Crippen LogP) is 4.83. The molecular weight excluding hydrogens is 454 g/mol. The molecule has 0 saturated carbocycles. The number of carbonyl (C=O) groups is 2. The van der Waals surface area contributed by atoms with Gasteiger partial charge >= 0.3 is 0 Å². The molecule has 3 heterocycles. The number of likely N-dealkylation sites (tertiary alicyclic amines) is 1. The Balaban J connectivity index is 1.70. The number of fused-ring (bicyclic) bond motifs is 1. The molecule has 0 radical (unpaired) electrons. The highest BCUT2D eigenvalue weighted by Crippen LogP contribution is 2.41. The molecule has 7 nitrogen and oxygen atoms in total. The van der Waals surface area contributed by atoms with Gasteiger partial charge in [-0.2, -0.15) is 0 Å². The van der Waals surface area contributed by atoms with Crippen LogP contribution in [-0.2, 0) is 16.1 Å². The first-order chi connectivity index (χ1) is 17.5. The first-order valence-corrected chi connectivity index (χ1v) is 11.6. The Kier molecular flexibility index (Phi) is 6.12. The molecule has 1 aliphatic heterocycles. The molecule has 5 rings (SSSR count). The summed E-state index contributed by atoms with van der Waals surface area (Å²) < 4.78 is 7.43. The summed E-state index contributed by atoms with van der Waals surface area (Å²) in [5.41, 5.74) is 3.10. The van der Waals surface area contributed by atoms with Gasteiger partial charge in [-0.25, -0.2) is 4.98 Å². The lowest BCUT2D eigenvalue weighted by molar-refractivity contribution is -0.140. The number of hydrogen-bond donors (Lipinski definition) is 1. The monoisotopic (exact) mass is 479 g/mol. The molecule has 1 saturated heterocycles. The second kappa shape index (κ2) is 9.54. The van der Waals surface area contributed by atoms with Gasteiger partial charge in [0.25, 0.3) is 11.7 Å². The van der Waals surface area contributed by atoms with Crippen LogP contribution in [0.2, 0.25) is 0 Å². The lowest BCUT2D eigenvalue weighted by Gasteiger charge is -2.26. The molecule has 7 heteroatoms. The molecular formula is C29H25N3O4. The van der Waals surface area contributed by atoms with Gasteiger partial charge in [-0.05, 0) is 42.3 Å². The number of nitrogens with zero attached hydrogens (tertiary/aromatic N) is 3. The van der Waals surface area contributed by atoms with Crippen molar-refractivity contribution in [2.75, 3.05) is 6.61 Å². The highest BCUT2D eigenvalue weighted by molar-refractivity contribution is 6.46. The van der Waals surface area contributed by atoms with Crippen LogP contribution in [0.5, 0.6) is 5.75 Å². The molecule has 1 amide bonds. The Morgan fingerprint density at radius 2 is 1.86 bits per heavy atom. The van der Waals surface area contributed by atoms with Gasteiger partial charge in [-0.15, -0.1) is 0 Å². The fourth-order valence-corrected chi connectivity index (χ4v) is 4.63. The number of aryl methyl sites for hydroxylation is 1. The molecule has 1 atom stereocenters. The minimum absolute atomic E-state index is 0.0190. The highest BCUT2D eigenvalue weighted by Gasteiger charge is 2.46. The fourth-order valence-electron chi connectivity index (χ4n) is 4.63. The number of hydrogen-bond acceptors (Lipinski definition) is 5. The van der Waals surface area contributed by atoms with Crippen LogP contribution in [0, 0.1) is 6.92 Å². The Bertz CT molecular complexity index is 1500. The van der Waals surface area contributed by atoms with Gasteiger partial charge < -0.3 is 14.7 Å². The maximum Gasteiger partial charge on any atom is 0.295 e. The number of ketones is 1. The quantitative estimate of drug-likeness (QED) is 0.178. The van der Waals surface area contributed by atoms with Crippen molar-refractivity contribution in [3.05, 3.63) is 120 Å². The molecule has 2 aromatic carbocycles. The molecule has 4 aromatic rings. The number of Topliss-reactive ketones (excluding diaryl/α,β-unsaturated/α-hetero) is 1. The van der Waals surface area contributed by atoms with Crippen LogP contribution in [-0.4, -0.2) is 37.7 Å². The van der Waals surface area contributed by atoms with E-state index >= 15 is 0 Å². The van der Waals surface area contributed by atoms with E-state index < -0.39 is 17.7 Å². The molecule has 1 aliphatic rings. The molecule has 2 aromatic heterocycles. The normalized spacial score (nSPS) is 17.0. The van der Waals surface area contributed by atoms with Gasteiger partial charge in [-0.3, -0.25) is 14.0 Å². The summed E-state index contributed by atoms with van der Waals surface area (Å²) in [6.07, 6.45) is 3.41. The number of carbonyl (C=O) groups excluding carboxylic acids is 2. The van der Waals surface area contributed by atoms with Crippen molar-refractivity contribution in [1.82, 2.24) is 14.3 Å². The van der Waals surface area contributed by atoms with E-state index in [1.165, 1.54) is 4.90 Å². The summed E-state index contributed by atoms with van der Waals surface area (Å²) in [4.78, 5) is 32.8. The van der Waals surface area contributed by atoms with Gasteiger partial charge in [-0.1, -0.05) is 61.2 Å². The average molecular weight is 480 g/mol. The molecule has 1 unspecified atom stereocenters. The smallest absolute Gasteiger partial charge is 0.295 e. The maximum absolute atomic E-state index is 13.4. The number of ether oxygens (including phenoxy) is 1. The van der Waals surface area contributed by atoms with E-state index in [1.54, 1.807) is 41.8 Å². The van der Waals surface area contributed by atoms with Crippen molar-refractivity contribution in [1.29, 1.82) is 0 Å². The van der Waals surface area contributed by atoms with E-state index in [0.717, 1.165) is 5.56 Å². The highest BCUT2D eigenvalue weighted by atomic mass is 16.5. The molecule has 0 aliphatic carbocycles. The Morgan fingerprint density at radius 3 is 2.64 bits per heavy atom. The number of imidazole rings is 1. The van der Waals surface area contributed by atoms with Crippen LogP contribution >= 0.6 is 0 Å².